The van der Waals surface area contributed by atoms with Gasteiger partial charge in [-0.15, -0.1) is 6.58 Å². The van der Waals surface area contributed by atoms with Crippen molar-refractivity contribution in [1.82, 2.24) is 0 Å². The van der Waals surface area contributed by atoms with Gasteiger partial charge in [-0.05, 0) is 80.1 Å². The number of ether oxygens (including phenoxy) is 6. The number of para-hydroxylation sites is 1. The first-order chi connectivity index (χ1) is 25.4. The molecule has 12 atom stereocenters. The fourth-order valence-corrected chi connectivity index (χ4v) is 11.4. The molecule has 3 aliphatic carbocycles. The Morgan fingerprint density at radius 2 is 1.69 bits per heavy atom. The molecule has 1 aromatic rings. The van der Waals surface area contributed by atoms with Gasteiger partial charge in [0.2, 0.25) is 0 Å². The van der Waals surface area contributed by atoms with E-state index in [1.807, 2.05) is 56.3 Å². The van der Waals surface area contributed by atoms with Crippen molar-refractivity contribution in [3.05, 3.63) is 66.3 Å². The number of benzene rings is 1. The van der Waals surface area contributed by atoms with Gasteiger partial charge in [0.05, 0.1) is 31.3 Å². The molecule has 2 fully saturated rings. The first kappa shape index (κ1) is 41.2. The number of methoxy groups -OCH3 is 1. The molecule has 1 aromatic carbocycles. The molecule has 4 aliphatic rings. The maximum absolute atomic E-state index is 13.4. The minimum absolute atomic E-state index is 0.0374. The number of aliphatic hydroxyl groups is 1. The fourth-order valence-electron chi connectivity index (χ4n) is 11.4. The van der Waals surface area contributed by atoms with Gasteiger partial charge >= 0.3 is 23.9 Å². The normalized spacial score (nSPS) is 36.7. The van der Waals surface area contributed by atoms with Gasteiger partial charge in [-0.25, -0.2) is 0 Å². The van der Waals surface area contributed by atoms with Crippen molar-refractivity contribution in [3.8, 4) is 5.75 Å². The molecule has 296 valence electrons. The van der Waals surface area contributed by atoms with Crippen LogP contribution in [0.15, 0.2) is 60.7 Å². The molecular formula is C43H58O11. The lowest BCUT2D eigenvalue weighted by Crippen LogP contribution is -2.76. The first-order valence-corrected chi connectivity index (χ1v) is 19.0. The Bertz CT molecular complexity index is 1680. The van der Waals surface area contributed by atoms with Crippen LogP contribution >= 0.6 is 0 Å². The quantitative estimate of drug-likeness (QED) is 0.152. The maximum atomic E-state index is 13.4. The minimum Gasteiger partial charge on any atom is -0.496 e. The SMILES string of the molecule is C=CC[C@H](CC1(O)C(C)=C[C@@H](OC(C)=O)[C@@]2(C)C1CC[C@]1(C)C2[C@H](OC(C)=O)[C@H](OC(C)=O)[C@@]2([C@@H](C)OC(C)=O)COCC=CC12)c1ccccc1OC. The topological polar surface area (TPSA) is 144 Å². The van der Waals surface area contributed by atoms with Gasteiger partial charge in [-0.3, -0.25) is 19.2 Å². The third-order valence-electron chi connectivity index (χ3n) is 13.3. The van der Waals surface area contributed by atoms with Gasteiger partial charge < -0.3 is 33.5 Å². The summed E-state index contributed by atoms with van der Waals surface area (Å²) < 4.78 is 36.8. The molecule has 54 heavy (non-hydrogen) atoms. The summed E-state index contributed by atoms with van der Waals surface area (Å²) in [6.45, 7) is 17.4. The molecule has 5 rings (SSSR count). The van der Waals surface area contributed by atoms with Crippen LogP contribution in [0.3, 0.4) is 0 Å². The van der Waals surface area contributed by atoms with Crippen molar-refractivity contribution in [2.45, 2.75) is 117 Å². The lowest BCUT2D eigenvalue weighted by molar-refractivity contribution is -0.304. The van der Waals surface area contributed by atoms with E-state index in [1.165, 1.54) is 27.7 Å². The molecule has 0 aromatic heterocycles. The van der Waals surface area contributed by atoms with Gasteiger partial charge in [-0.1, -0.05) is 50.3 Å². The molecule has 0 saturated heterocycles. The van der Waals surface area contributed by atoms with Crippen molar-refractivity contribution < 1.29 is 52.7 Å². The van der Waals surface area contributed by atoms with Crippen molar-refractivity contribution in [1.29, 1.82) is 0 Å². The number of allylic oxidation sites excluding steroid dienone is 2. The van der Waals surface area contributed by atoms with Crippen LogP contribution in [0.1, 0.15) is 92.6 Å². The smallest absolute Gasteiger partial charge is 0.303 e. The van der Waals surface area contributed by atoms with Crippen LogP contribution in [0.25, 0.3) is 0 Å². The molecule has 4 unspecified atom stereocenters. The van der Waals surface area contributed by atoms with Gasteiger partial charge in [0.1, 0.15) is 24.1 Å². The minimum atomic E-state index is -1.43. The summed E-state index contributed by atoms with van der Waals surface area (Å²) in [5.74, 6) is -3.36. The second kappa shape index (κ2) is 15.6. The summed E-state index contributed by atoms with van der Waals surface area (Å²) in [5.41, 5.74) is -2.87. The molecule has 1 heterocycles. The van der Waals surface area contributed by atoms with Gasteiger partial charge in [0, 0.05) is 44.9 Å². The molecule has 0 spiro atoms. The van der Waals surface area contributed by atoms with Crippen LogP contribution in [-0.4, -0.2) is 79.3 Å². The second-order valence-corrected chi connectivity index (χ2v) is 16.3. The summed E-state index contributed by atoms with van der Waals surface area (Å²) >= 11 is 0. The van der Waals surface area contributed by atoms with E-state index in [4.69, 9.17) is 28.4 Å². The number of hydrogen-bond acceptors (Lipinski definition) is 11. The number of rotatable bonds is 11. The summed E-state index contributed by atoms with van der Waals surface area (Å²) in [5, 5.41) is 13.4. The molecular weight excluding hydrogens is 692 g/mol. The number of carbonyl (C=O) groups excluding carboxylic acids is 4. The van der Waals surface area contributed by atoms with Gasteiger partial charge in [0.15, 0.2) is 6.10 Å². The van der Waals surface area contributed by atoms with Crippen LogP contribution in [0.2, 0.25) is 0 Å². The molecule has 2 saturated carbocycles. The zero-order chi connectivity index (χ0) is 39.8. The third-order valence-corrected chi connectivity index (χ3v) is 13.3. The lowest BCUT2D eigenvalue weighted by atomic mass is 9.35. The van der Waals surface area contributed by atoms with E-state index >= 15 is 0 Å². The van der Waals surface area contributed by atoms with Crippen LogP contribution in [-0.2, 0) is 42.9 Å². The largest absolute Gasteiger partial charge is 0.496 e. The second-order valence-electron chi connectivity index (χ2n) is 16.3. The highest BCUT2D eigenvalue weighted by atomic mass is 16.6. The summed E-state index contributed by atoms with van der Waals surface area (Å²) in [6, 6.07) is 7.76. The summed E-state index contributed by atoms with van der Waals surface area (Å²) in [6.07, 6.45) is 5.59. The van der Waals surface area contributed by atoms with E-state index in [1.54, 1.807) is 14.0 Å². The average molecular weight is 751 g/mol. The first-order valence-electron chi connectivity index (χ1n) is 19.0. The summed E-state index contributed by atoms with van der Waals surface area (Å²) in [4.78, 5) is 52.0. The van der Waals surface area contributed by atoms with Crippen LogP contribution in [0.4, 0.5) is 0 Å². The van der Waals surface area contributed by atoms with Crippen molar-refractivity contribution in [2.75, 3.05) is 20.3 Å². The Morgan fingerprint density at radius 3 is 2.30 bits per heavy atom. The van der Waals surface area contributed by atoms with Crippen LogP contribution < -0.4 is 4.74 Å². The zero-order valence-electron chi connectivity index (χ0n) is 33.2. The van der Waals surface area contributed by atoms with Crippen LogP contribution in [0, 0.1) is 34.0 Å². The number of carbonyl (C=O) groups is 4. The van der Waals surface area contributed by atoms with Gasteiger partial charge in [-0.2, -0.15) is 0 Å². The Morgan fingerprint density at radius 1 is 1.02 bits per heavy atom. The highest BCUT2D eigenvalue weighted by molar-refractivity contribution is 5.69. The van der Waals surface area contributed by atoms with Crippen molar-refractivity contribution in [2.24, 2.45) is 34.0 Å². The Hall–Kier alpha value is -3.96. The zero-order valence-corrected chi connectivity index (χ0v) is 33.2. The van der Waals surface area contributed by atoms with Crippen molar-refractivity contribution >= 4 is 23.9 Å². The highest BCUT2D eigenvalue weighted by Gasteiger charge is 2.76. The van der Waals surface area contributed by atoms with E-state index < -0.39 is 87.9 Å². The molecule has 11 heteroatoms. The molecule has 0 radical (unpaired) electrons. The van der Waals surface area contributed by atoms with Crippen molar-refractivity contribution in [3.63, 3.8) is 0 Å². The summed E-state index contributed by atoms with van der Waals surface area (Å²) in [7, 11) is 1.63. The maximum Gasteiger partial charge on any atom is 0.303 e. The number of esters is 4. The molecule has 1 N–H and O–H groups in total. The Kier molecular flexibility index (Phi) is 11.9. The molecule has 1 aliphatic heterocycles. The third kappa shape index (κ3) is 6.91. The Balaban J connectivity index is 1.80. The number of fused-ring (bicyclic) bond motifs is 5. The van der Waals surface area contributed by atoms with E-state index in [0.29, 0.717) is 37.0 Å². The van der Waals surface area contributed by atoms with E-state index in [-0.39, 0.29) is 19.1 Å². The molecule has 0 amide bonds. The fraction of sp³-hybridized carbons (Fsp3) is 0.628. The predicted molar refractivity (Wildman–Crippen MR) is 200 cm³/mol. The van der Waals surface area contributed by atoms with E-state index in [2.05, 4.69) is 19.6 Å². The average Bonchev–Trinajstić information content (AvgIpc) is 3.33. The Labute approximate surface area is 319 Å². The molecule has 0 bridgehead atoms. The number of hydrogen-bond donors (Lipinski definition) is 1. The molecule has 11 nitrogen and oxygen atoms in total. The lowest BCUT2D eigenvalue weighted by Gasteiger charge is -2.71. The van der Waals surface area contributed by atoms with E-state index in [9.17, 15) is 24.3 Å². The van der Waals surface area contributed by atoms with Crippen LogP contribution in [0.5, 0.6) is 5.75 Å². The highest BCUT2D eigenvalue weighted by Crippen LogP contribution is 2.72. The predicted octanol–water partition coefficient (Wildman–Crippen LogP) is 6.42. The standard InChI is InChI=1S/C43H58O11/c1-11-15-31(32-16-12-13-17-33(32)49-10)23-43(48)25(2)22-36(52-28(5)45)41(9)35(43)19-20-40(8)34-18-14-21-50-24-42(34,26(3)51-27(4)44)39(54-30(7)47)37(38(40)41)53-29(6)46/h11-14,16-18,22,26,31,34-39,48H,1,15,19-21,23-24H2,2-10H3/t26-,31-,34?,35?,36-,37+,38?,39+,40+,41-,42-,43?/m1/s1. The monoisotopic (exact) mass is 750 g/mol. The van der Waals surface area contributed by atoms with E-state index in [0.717, 1.165) is 5.56 Å². The van der Waals surface area contributed by atoms with Gasteiger partial charge in [0.25, 0.3) is 0 Å².